The fraction of sp³-hybridized carbons (Fsp3) is 0.316. The van der Waals surface area contributed by atoms with Gasteiger partial charge in [0.05, 0.1) is 12.7 Å². The molecular formula is C19H24N2O2. The second-order valence-electron chi connectivity index (χ2n) is 5.33. The van der Waals surface area contributed by atoms with Gasteiger partial charge >= 0.3 is 0 Å². The molecule has 1 amide bonds. The summed E-state index contributed by atoms with van der Waals surface area (Å²) < 4.78 is 5.24. The number of benzene rings is 2. The zero-order valence-electron chi connectivity index (χ0n) is 14.2. The molecule has 2 aromatic carbocycles. The van der Waals surface area contributed by atoms with Crippen molar-refractivity contribution >= 4 is 17.3 Å². The number of para-hydroxylation sites is 1. The van der Waals surface area contributed by atoms with Crippen LogP contribution in [0.5, 0.6) is 5.75 Å². The average Bonchev–Trinajstić information content (AvgIpc) is 2.57. The van der Waals surface area contributed by atoms with Crippen LogP contribution in [-0.4, -0.2) is 26.1 Å². The summed E-state index contributed by atoms with van der Waals surface area (Å²) in [5.41, 5.74) is 3.66. The maximum Gasteiger partial charge on any atom is 0.259 e. The fourth-order valence-electron chi connectivity index (χ4n) is 2.68. The minimum Gasteiger partial charge on any atom is -0.496 e. The molecule has 0 radical (unpaired) electrons. The van der Waals surface area contributed by atoms with Crippen molar-refractivity contribution in [2.45, 2.75) is 20.8 Å². The van der Waals surface area contributed by atoms with Crippen molar-refractivity contribution in [3.05, 3.63) is 53.6 Å². The lowest BCUT2D eigenvalue weighted by molar-refractivity contribution is 0.102. The highest BCUT2D eigenvalue weighted by molar-refractivity contribution is 6.06. The van der Waals surface area contributed by atoms with Gasteiger partial charge in [0.2, 0.25) is 0 Å². The van der Waals surface area contributed by atoms with Gasteiger partial charge in [-0.2, -0.15) is 0 Å². The Bertz CT molecular complexity index is 679. The molecule has 2 rings (SSSR count). The van der Waals surface area contributed by atoms with Crippen LogP contribution in [-0.2, 0) is 0 Å². The van der Waals surface area contributed by atoms with Gasteiger partial charge in [0, 0.05) is 24.5 Å². The van der Waals surface area contributed by atoms with E-state index in [1.807, 2.05) is 24.3 Å². The van der Waals surface area contributed by atoms with E-state index in [1.54, 1.807) is 19.2 Å². The minimum absolute atomic E-state index is 0.169. The van der Waals surface area contributed by atoms with Crippen LogP contribution in [0.1, 0.15) is 29.8 Å². The van der Waals surface area contributed by atoms with Gasteiger partial charge in [-0.1, -0.05) is 12.1 Å². The third kappa shape index (κ3) is 3.83. The number of anilines is 2. The molecule has 4 heteroatoms. The lowest BCUT2D eigenvalue weighted by Gasteiger charge is -2.23. The van der Waals surface area contributed by atoms with Crippen molar-refractivity contribution in [1.29, 1.82) is 0 Å². The Morgan fingerprint density at radius 1 is 1.13 bits per heavy atom. The first-order valence-electron chi connectivity index (χ1n) is 7.90. The minimum atomic E-state index is -0.169. The number of rotatable bonds is 6. The van der Waals surface area contributed by atoms with E-state index in [1.165, 1.54) is 5.69 Å². The molecule has 0 aliphatic carbocycles. The summed E-state index contributed by atoms with van der Waals surface area (Å²) in [5, 5.41) is 2.94. The molecule has 2 aromatic rings. The Morgan fingerprint density at radius 3 is 2.43 bits per heavy atom. The van der Waals surface area contributed by atoms with E-state index in [0.717, 1.165) is 24.3 Å². The first kappa shape index (κ1) is 16.9. The van der Waals surface area contributed by atoms with Crippen LogP contribution in [0.15, 0.2) is 42.5 Å². The Balaban J connectivity index is 2.20. The molecular weight excluding hydrogens is 288 g/mol. The third-order valence-corrected chi connectivity index (χ3v) is 3.91. The normalized spacial score (nSPS) is 10.3. The van der Waals surface area contributed by atoms with Crippen LogP contribution in [0, 0.1) is 6.92 Å². The van der Waals surface area contributed by atoms with Gasteiger partial charge in [-0.05, 0) is 56.7 Å². The summed E-state index contributed by atoms with van der Waals surface area (Å²) in [4.78, 5) is 14.7. The second kappa shape index (κ2) is 7.68. The van der Waals surface area contributed by atoms with Crippen LogP contribution in [0.2, 0.25) is 0 Å². The zero-order chi connectivity index (χ0) is 16.8. The molecule has 0 bridgehead atoms. The largest absolute Gasteiger partial charge is 0.496 e. The highest BCUT2D eigenvalue weighted by Gasteiger charge is 2.12. The van der Waals surface area contributed by atoms with Gasteiger partial charge in [-0.3, -0.25) is 4.79 Å². The van der Waals surface area contributed by atoms with Crippen LogP contribution in [0.3, 0.4) is 0 Å². The summed E-state index contributed by atoms with van der Waals surface area (Å²) >= 11 is 0. The van der Waals surface area contributed by atoms with Crippen LogP contribution in [0.25, 0.3) is 0 Å². The van der Waals surface area contributed by atoms with Gasteiger partial charge in [-0.15, -0.1) is 0 Å². The average molecular weight is 312 g/mol. The summed E-state index contributed by atoms with van der Waals surface area (Å²) in [6, 6.07) is 13.2. The molecule has 0 heterocycles. The number of nitrogens with one attached hydrogen (secondary N) is 1. The monoisotopic (exact) mass is 312 g/mol. The van der Waals surface area contributed by atoms with Crippen molar-refractivity contribution in [3.63, 3.8) is 0 Å². The highest BCUT2D eigenvalue weighted by Crippen LogP contribution is 2.25. The van der Waals surface area contributed by atoms with Crippen molar-refractivity contribution in [3.8, 4) is 5.75 Å². The Morgan fingerprint density at radius 2 is 1.83 bits per heavy atom. The highest BCUT2D eigenvalue weighted by atomic mass is 16.5. The molecule has 0 aromatic heterocycles. The number of carbonyl (C=O) groups is 1. The topological polar surface area (TPSA) is 41.6 Å². The standard InChI is InChI=1S/C19H24N2O2/c1-5-21(6-2)17-12-11-15(13-14(17)3)20-19(22)16-9-7-8-10-18(16)23-4/h7-13H,5-6H2,1-4H3,(H,20,22). The summed E-state index contributed by atoms with van der Waals surface area (Å²) in [5.74, 6) is 0.402. The Hall–Kier alpha value is -2.49. The molecule has 0 saturated carbocycles. The second-order valence-corrected chi connectivity index (χ2v) is 5.33. The molecule has 0 atom stereocenters. The summed E-state index contributed by atoms with van der Waals surface area (Å²) in [7, 11) is 1.56. The van der Waals surface area contributed by atoms with E-state index in [4.69, 9.17) is 4.74 Å². The number of nitrogens with zero attached hydrogens (tertiary/aromatic N) is 1. The number of methoxy groups -OCH3 is 1. The molecule has 0 spiro atoms. The van der Waals surface area contributed by atoms with Crippen LogP contribution in [0.4, 0.5) is 11.4 Å². The van der Waals surface area contributed by atoms with E-state index in [0.29, 0.717) is 11.3 Å². The van der Waals surface area contributed by atoms with E-state index in [9.17, 15) is 4.79 Å². The molecule has 0 saturated heterocycles. The third-order valence-electron chi connectivity index (χ3n) is 3.91. The van der Waals surface area contributed by atoms with Crippen molar-refractivity contribution in [2.75, 3.05) is 30.4 Å². The summed E-state index contributed by atoms with van der Waals surface area (Å²) in [6.07, 6.45) is 0. The van der Waals surface area contributed by atoms with Gasteiger partial charge in [0.1, 0.15) is 5.75 Å². The molecule has 0 unspecified atom stereocenters. The quantitative estimate of drug-likeness (QED) is 0.873. The SMILES string of the molecule is CCN(CC)c1ccc(NC(=O)c2ccccc2OC)cc1C. The lowest BCUT2D eigenvalue weighted by Crippen LogP contribution is -2.22. The Kier molecular flexibility index (Phi) is 5.63. The molecule has 1 N–H and O–H groups in total. The van der Waals surface area contributed by atoms with Crippen molar-refractivity contribution in [1.82, 2.24) is 0 Å². The number of hydrogen-bond acceptors (Lipinski definition) is 3. The number of carbonyl (C=O) groups excluding carboxylic acids is 1. The van der Waals surface area contributed by atoms with E-state index >= 15 is 0 Å². The van der Waals surface area contributed by atoms with Gasteiger partial charge < -0.3 is 15.0 Å². The maximum absolute atomic E-state index is 12.4. The number of aryl methyl sites for hydroxylation is 1. The fourth-order valence-corrected chi connectivity index (χ4v) is 2.68. The van der Waals surface area contributed by atoms with Crippen molar-refractivity contribution in [2.24, 2.45) is 0 Å². The lowest BCUT2D eigenvalue weighted by atomic mass is 10.1. The molecule has 0 aliphatic rings. The maximum atomic E-state index is 12.4. The predicted molar refractivity (Wildman–Crippen MR) is 95.7 cm³/mol. The molecule has 0 fully saturated rings. The molecule has 23 heavy (non-hydrogen) atoms. The zero-order valence-corrected chi connectivity index (χ0v) is 14.2. The molecule has 0 aliphatic heterocycles. The van der Waals surface area contributed by atoms with Crippen LogP contribution < -0.4 is 15.0 Å². The van der Waals surface area contributed by atoms with E-state index in [-0.39, 0.29) is 5.91 Å². The van der Waals surface area contributed by atoms with Gasteiger partial charge in [0.15, 0.2) is 0 Å². The first-order valence-corrected chi connectivity index (χ1v) is 7.90. The summed E-state index contributed by atoms with van der Waals surface area (Å²) in [6.45, 7) is 8.27. The number of ether oxygens (including phenoxy) is 1. The number of hydrogen-bond donors (Lipinski definition) is 1. The predicted octanol–water partition coefficient (Wildman–Crippen LogP) is 4.10. The number of amides is 1. The van der Waals surface area contributed by atoms with Gasteiger partial charge in [0.25, 0.3) is 5.91 Å². The van der Waals surface area contributed by atoms with E-state index < -0.39 is 0 Å². The molecule has 122 valence electrons. The van der Waals surface area contributed by atoms with E-state index in [2.05, 4.69) is 37.1 Å². The first-order chi connectivity index (χ1) is 11.1. The smallest absolute Gasteiger partial charge is 0.259 e. The molecule has 4 nitrogen and oxygen atoms in total. The Labute approximate surface area is 138 Å². The van der Waals surface area contributed by atoms with Gasteiger partial charge in [-0.25, -0.2) is 0 Å². The van der Waals surface area contributed by atoms with Crippen molar-refractivity contribution < 1.29 is 9.53 Å². The van der Waals surface area contributed by atoms with Crippen LogP contribution >= 0.6 is 0 Å².